The Morgan fingerprint density at radius 2 is 1.94 bits per heavy atom. The van der Waals surface area contributed by atoms with Crippen molar-refractivity contribution in [3.8, 4) is 0 Å². The van der Waals surface area contributed by atoms with Crippen molar-refractivity contribution in [3.63, 3.8) is 0 Å². The molecule has 1 aromatic carbocycles. The number of hydrogen-bond acceptors (Lipinski definition) is 2. The van der Waals surface area contributed by atoms with Crippen LogP contribution in [0, 0.1) is 0 Å². The Balaban J connectivity index is 3.27. The molecule has 0 saturated carbocycles. The molecule has 2 radical (unpaired) electrons. The summed E-state index contributed by atoms with van der Waals surface area (Å²) in [7, 11) is 5.34. The first kappa shape index (κ1) is 13.0. The maximum atomic E-state index is 11.6. The van der Waals surface area contributed by atoms with Crippen molar-refractivity contribution < 1.29 is 9.90 Å². The van der Waals surface area contributed by atoms with Crippen molar-refractivity contribution in [2.75, 3.05) is 0 Å². The number of Topliss-reactive ketones (excluding diaryl/α,β-unsaturated/α-hetero) is 1. The highest BCUT2D eigenvalue weighted by atomic mass is 16.3. The Morgan fingerprint density at radius 3 is 2.38 bits per heavy atom. The van der Waals surface area contributed by atoms with E-state index in [1.54, 1.807) is 6.07 Å². The number of ketones is 1. The van der Waals surface area contributed by atoms with Crippen LogP contribution in [0.1, 0.15) is 42.3 Å². The zero-order chi connectivity index (χ0) is 12.3. The van der Waals surface area contributed by atoms with E-state index in [9.17, 15) is 4.79 Å². The van der Waals surface area contributed by atoms with E-state index < -0.39 is 0 Å². The highest BCUT2D eigenvalue weighted by Crippen LogP contribution is 2.25. The lowest BCUT2D eigenvalue weighted by molar-refractivity contribution is 0.101. The molecule has 84 valence electrons. The third-order valence-electron chi connectivity index (χ3n) is 2.55. The van der Waals surface area contributed by atoms with Gasteiger partial charge in [0, 0.05) is 5.56 Å². The molecule has 0 bridgehead atoms. The number of aliphatic hydroxyl groups is 1. The molecule has 0 fully saturated rings. The summed E-state index contributed by atoms with van der Waals surface area (Å²) in [5, 5.41) is 9.16. The Hall–Kier alpha value is -1.09. The topological polar surface area (TPSA) is 37.3 Å². The minimum Gasteiger partial charge on any atom is -0.392 e. The Morgan fingerprint density at radius 1 is 1.31 bits per heavy atom. The normalized spacial score (nSPS) is 11.5. The molecular formula is C13H17BO2. The van der Waals surface area contributed by atoms with Gasteiger partial charge in [-0.3, -0.25) is 4.79 Å². The fourth-order valence-corrected chi connectivity index (χ4v) is 1.50. The Bertz CT molecular complexity index is 391. The Labute approximate surface area is 98.1 Å². The number of hydrogen-bond donors (Lipinski definition) is 1. The molecule has 1 N–H and O–H groups in total. The lowest BCUT2D eigenvalue weighted by Gasteiger charge is -2.20. The van der Waals surface area contributed by atoms with Gasteiger partial charge in [-0.25, -0.2) is 0 Å². The molecule has 0 heterocycles. The lowest BCUT2D eigenvalue weighted by atomic mass is 9.83. The third-order valence-corrected chi connectivity index (χ3v) is 2.55. The molecule has 3 heteroatoms. The summed E-state index contributed by atoms with van der Waals surface area (Å²) >= 11 is 0. The van der Waals surface area contributed by atoms with Crippen LogP contribution in [0.25, 0.3) is 0 Å². The monoisotopic (exact) mass is 216 g/mol. The molecule has 0 amide bonds. The molecule has 0 aliphatic rings. The second kappa shape index (κ2) is 4.83. The van der Waals surface area contributed by atoms with Gasteiger partial charge in [-0.1, -0.05) is 26.8 Å². The van der Waals surface area contributed by atoms with Gasteiger partial charge in [0.2, 0.25) is 0 Å². The van der Waals surface area contributed by atoms with Crippen LogP contribution >= 0.6 is 0 Å². The summed E-state index contributed by atoms with van der Waals surface area (Å²) in [4.78, 5) is 11.6. The molecule has 0 atom stereocenters. The number of carbonyl (C=O) groups is 1. The summed E-state index contributed by atoms with van der Waals surface area (Å²) in [5.41, 5.74) is 2.33. The van der Waals surface area contributed by atoms with Crippen LogP contribution in [0.15, 0.2) is 18.2 Å². The van der Waals surface area contributed by atoms with Gasteiger partial charge in [-0.05, 0) is 35.0 Å². The molecule has 1 aromatic rings. The smallest absolute Gasteiger partial charge is 0.154 e. The van der Waals surface area contributed by atoms with Gasteiger partial charge in [-0.15, -0.1) is 0 Å². The summed E-state index contributed by atoms with van der Waals surface area (Å²) in [6, 6.07) is 5.48. The number of aliphatic hydroxyl groups excluding tert-OH is 1. The first-order valence-electron chi connectivity index (χ1n) is 5.37. The van der Waals surface area contributed by atoms with E-state index in [2.05, 4.69) is 20.8 Å². The minimum atomic E-state index is -0.0965. The molecular weight excluding hydrogens is 199 g/mol. The van der Waals surface area contributed by atoms with Crippen LogP contribution in [0.4, 0.5) is 0 Å². The lowest BCUT2D eigenvalue weighted by Crippen LogP contribution is -2.13. The second-order valence-electron chi connectivity index (χ2n) is 4.95. The quantitative estimate of drug-likeness (QED) is 0.621. The largest absolute Gasteiger partial charge is 0.392 e. The maximum absolute atomic E-state index is 11.6. The molecule has 0 unspecified atom stereocenters. The predicted molar refractivity (Wildman–Crippen MR) is 66.0 cm³/mol. The summed E-state index contributed by atoms with van der Waals surface area (Å²) < 4.78 is 0. The molecule has 1 rings (SSSR count). The van der Waals surface area contributed by atoms with Crippen LogP contribution in [-0.2, 0) is 12.0 Å². The third kappa shape index (κ3) is 2.95. The van der Waals surface area contributed by atoms with Crippen molar-refractivity contribution in [2.45, 2.75) is 39.1 Å². The SMILES string of the molecule is [B]CC(=O)c1cc(CO)cc(C(C)(C)C)c1. The van der Waals surface area contributed by atoms with E-state index >= 15 is 0 Å². The highest BCUT2D eigenvalue weighted by Gasteiger charge is 2.16. The number of carbonyl (C=O) groups excluding carboxylic acids is 1. The fraction of sp³-hybridized carbons (Fsp3) is 0.462. The minimum absolute atomic E-state index is 0.00152. The van der Waals surface area contributed by atoms with E-state index in [0.29, 0.717) is 5.56 Å². The summed E-state index contributed by atoms with van der Waals surface area (Å²) in [6.07, 6.45) is -0.00152. The van der Waals surface area contributed by atoms with Gasteiger partial charge < -0.3 is 5.11 Å². The van der Waals surface area contributed by atoms with Crippen LogP contribution in [-0.4, -0.2) is 18.7 Å². The van der Waals surface area contributed by atoms with E-state index in [-0.39, 0.29) is 24.1 Å². The zero-order valence-electron chi connectivity index (χ0n) is 10.1. The maximum Gasteiger partial charge on any atom is 0.154 e. The van der Waals surface area contributed by atoms with Gasteiger partial charge in [0.25, 0.3) is 0 Å². The van der Waals surface area contributed by atoms with Crippen molar-refractivity contribution in [1.82, 2.24) is 0 Å². The first-order chi connectivity index (χ1) is 7.38. The van der Waals surface area contributed by atoms with Gasteiger partial charge in [0.1, 0.15) is 0 Å². The van der Waals surface area contributed by atoms with E-state index in [0.717, 1.165) is 11.1 Å². The van der Waals surface area contributed by atoms with E-state index in [1.165, 1.54) is 0 Å². The van der Waals surface area contributed by atoms with Crippen LogP contribution in [0.2, 0.25) is 6.32 Å². The molecule has 16 heavy (non-hydrogen) atoms. The fourth-order valence-electron chi connectivity index (χ4n) is 1.50. The predicted octanol–water partition coefficient (Wildman–Crippen LogP) is 2.25. The highest BCUT2D eigenvalue weighted by molar-refractivity contribution is 6.24. The van der Waals surface area contributed by atoms with Crippen molar-refractivity contribution in [2.24, 2.45) is 0 Å². The van der Waals surface area contributed by atoms with E-state index in [4.69, 9.17) is 13.0 Å². The molecule has 0 spiro atoms. The summed E-state index contributed by atoms with van der Waals surface area (Å²) in [6.45, 7) is 6.15. The van der Waals surface area contributed by atoms with E-state index in [1.807, 2.05) is 12.1 Å². The van der Waals surface area contributed by atoms with Gasteiger partial charge in [0.05, 0.1) is 14.5 Å². The van der Waals surface area contributed by atoms with Gasteiger partial charge in [-0.2, -0.15) is 0 Å². The standard InChI is InChI=1S/C13H17BO2/c1-13(2,3)11-5-9(8-15)4-10(6-11)12(16)7-14/h4-6,15H,7-8H2,1-3H3. The average molecular weight is 216 g/mol. The van der Waals surface area contributed by atoms with Gasteiger partial charge >= 0.3 is 0 Å². The van der Waals surface area contributed by atoms with Crippen LogP contribution in [0.5, 0.6) is 0 Å². The first-order valence-corrected chi connectivity index (χ1v) is 5.37. The van der Waals surface area contributed by atoms with Crippen LogP contribution < -0.4 is 0 Å². The molecule has 2 nitrogen and oxygen atoms in total. The van der Waals surface area contributed by atoms with Crippen molar-refractivity contribution in [1.29, 1.82) is 0 Å². The van der Waals surface area contributed by atoms with Crippen LogP contribution in [0.3, 0.4) is 0 Å². The average Bonchev–Trinajstić information content (AvgIpc) is 2.26. The number of rotatable bonds is 3. The van der Waals surface area contributed by atoms with Crippen molar-refractivity contribution >= 4 is 13.6 Å². The number of benzene rings is 1. The van der Waals surface area contributed by atoms with Crippen molar-refractivity contribution in [3.05, 3.63) is 34.9 Å². The molecule has 0 saturated heterocycles. The second-order valence-corrected chi connectivity index (χ2v) is 4.95. The molecule has 0 aliphatic heterocycles. The summed E-state index contributed by atoms with van der Waals surface area (Å²) in [5.74, 6) is -0.0965. The Kier molecular flexibility index (Phi) is 3.92. The van der Waals surface area contributed by atoms with Gasteiger partial charge in [0.15, 0.2) is 5.78 Å². The zero-order valence-corrected chi connectivity index (χ0v) is 10.1. The molecule has 0 aromatic heterocycles. The molecule has 0 aliphatic carbocycles.